The average molecular weight is 516 g/mol. The second-order valence-corrected chi connectivity index (χ2v) is 11.4. The molecule has 0 N–H and O–H groups in total. The molecule has 0 fully saturated rings. The molecule has 0 saturated heterocycles. The van der Waals surface area contributed by atoms with Crippen molar-refractivity contribution in [3.8, 4) is 11.1 Å². The molecule has 0 spiro atoms. The van der Waals surface area contributed by atoms with E-state index in [1.165, 1.54) is 22.5 Å². The highest BCUT2D eigenvalue weighted by Crippen LogP contribution is 2.48. The minimum Gasteiger partial charge on any atom is -0.363 e. The molecule has 37 heavy (non-hydrogen) atoms. The summed E-state index contributed by atoms with van der Waals surface area (Å²) >= 11 is 6.28. The number of carbonyl (C=O) groups is 1. The zero-order valence-corrected chi connectivity index (χ0v) is 23.2. The number of hydrogen-bond acceptors (Lipinski definition) is 4. The van der Waals surface area contributed by atoms with Crippen LogP contribution in [0.4, 0.5) is 5.69 Å². The summed E-state index contributed by atoms with van der Waals surface area (Å²) in [5, 5.41) is 1.82. The lowest BCUT2D eigenvalue weighted by atomic mass is 9.86. The number of ether oxygens (including phenoxy) is 1. The molecule has 2 aromatic carbocycles. The largest absolute Gasteiger partial charge is 0.363 e. The summed E-state index contributed by atoms with van der Waals surface area (Å²) in [5.74, 6) is -0.00700. The quantitative estimate of drug-likeness (QED) is 0.268. The van der Waals surface area contributed by atoms with Crippen LogP contribution in [0.25, 0.3) is 22.0 Å². The monoisotopic (exact) mass is 515 g/mol. The summed E-state index contributed by atoms with van der Waals surface area (Å²) in [6.45, 7) is 14.5. The fourth-order valence-electron chi connectivity index (χ4n) is 5.59. The van der Waals surface area contributed by atoms with Crippen molar-refractivity contribution < 1.29 is 9.53 Å². The molecule has 0 bridgehead atoms. The molecule has 1 aliphatic heterocycles. The molecule has 6 heteroatoms. The van der Waals surface area contributed by atoms with Crippen LogP contribution in [0.1, 0.15) is 56.2 Å². The summed E-state index contributed by atoms with van der Waals surface area (Å²) in [7, 11) is 0. The molecule has 1 aliphatic rings. The molecule has 5 nitrogen and oxygen atoms in total. The number of aryl methyl sites for hydroxylation is 1. The fourth-order valence-corrected chi connectivity index (χ4v) is 5.71. The normalized spacial score (nSPS) is 14.3. The van der Waals surface area contributed by atoms with Crippen LogP contribution in [0, 0.1) is 13.8 Å². The molecule has 1 atom stereocenters. The molecule has 0 aliphatic carbocycles. The summed E-state index contributed by atoms with van der Waals surface area (Å²) in [6.07, 6.45) is 2.98. The Hall–Kier alpha value is -3.15. The molecule has 3 heterocycles. The van der Waals surface area contributed by atoms with Crippen molar-refractivity contribution in [3.63, 3.8) is 0 Å². The van der Waals surface area contributed by atoms with Gasteiger partial charge < -0.3 is 14.2 Å². The van der Waals surface area contributed by atoms with Gasteiger partial charge >= 0.3 is 0 Å². The van der Waals surface area contributed by atoms with E-state index in [0.29, 0.717) is 5.02 Å². The van der Waals surface area contributed by atoms with Crippen molar-refractivity contribution in [2.75, 3.05) is 11.4 Å². The number of aromatic nitrogens is 2. The molecule has 192 valence electrons. The third-order valence-corrected chi connectivity index (χ3v) is 7.35. The van der Waals surface area contributed by atoms with E-state index in [1.54, 1.807) is 6.92 Å². The van der Waals surface area contributed by atoms with Gasteiger partial charge in [0, 0.05) is 53.7 Å². The first kappa shape index (κ1) is 25.5. The number of halogens is 1. The van der Waals surface area contributed by atoms with Crippen LogP contribution in [0.2, 0.25) is 5.02 Å². The second kappa shape index (κ2) is 9.62. The molecule has 5 rings (SSSR count). The zero-order valence-electron chi connectivity index (χ0n) is 22.4. The van der Waals surface area contributed by atoms with Crippen LogP contribution in [0.15, 0.2) is 54.9 Å². The number of hydrogen-bond donors (Lipinski definition) is 0. The van der Waals surface area contributed by atoms with Gasteiger partial charge in [-0.05, 0) is 94.1 Å². The van der Waals surface area contributed by atoms with E-state index in [1.807, 2.05) is 57.4 Å². The predicted octanol–water partition coefficient (Wildman–Crippen LogP) is 7.44. The van der Waals surface area contributed by atoms with Crippen LogP contribution in [0.5, 0.6) is 0 Å². The first-order valence-corrected chi connectivity index (χ1v) is 13.2. The van der Waals surface area contributed by atoms with Crippen molar-refractivity contribution >= 4 is 34.0 Å². The Bertz CT molecular complexity index is 1470. The Labute approximate surface area is 224 Å². The van der Waals surface area contributed by atoms with Crippen molar-refractivity contribution in [1.82, 2.24) is 9.55 Å². The van der Waals surface area contributed by atoms with Gasteiger partial charge in [0.2, 0.25) is 0 Å². The van der Waals surface area contributed by atoms with Crippen molar-refractivity contribution in [2.24, 2.45) is 0 Å². The summed E-state index contributed by atoms with van der Waals surface area (Å²) in [5.41, 5.74) is 8.39. The molecule has 0 saturated carbocycles. The summed E-state index contributed by atoms with van der Waals surface area (Å²) < 4.78 is 8.91. The highest BCUT2D eigenvalue weighted by atomic mass is 35.5. The van der Waals surface area contributed by atoms with E-state index < -0.39 is 11.7 Å². The van der Waals surface area contributed by atoms with Crippen molar-refractivity contribution in [2.45, 2.75) is 66.3 Å². The highest BCUT2D eigenvalue weighted by molar-refractivity contribution is 6.30. The number of rotatable bonds is 6. The van der Waals surface area contributed by atoms with Gasteiger partial charge in [-0.1, -0.05) is 23.7 Å². The minimum atomic E-state index is -0.695. The zero-order chi connectivity index (χ0) is 26.5. The number of nitrogens with zero attached hydrogens (tertiary/aromatic N) is 3. The maximum atomic E-state index is 13.2. The van der Waals surface area contributed by atoms with Crippen LogP contribution in [-0.2, 0) is 22.6 Å². The predicted molar refractivity (Wildman–Crippen MR) is 151 cm³/mol. The van der Waals surface area contributed by atoms with Gasteiger partial charge in [0.1, 0.15) is 6.10 Å². The van der Waals surface area contributed by atoms with Gasteiger partial charge in [0.15, 0.2) is 5.78 Å². The third kappa shape index (κ3) is 4.78. The molecule has 0 amide bonds. The number of Topliss-reactive ketones (excluding diaryl/α,β-unsaturated/α-hetero) is 1. The van der Waals surface area contributed by atoms with Gasteiger partial charge in [-0.3, -0.25) is 9.78 Å². The minimum absolute atomic E-state index is 0.00700. The van der Waals surface area contributed by atoms with Crippen molar-refractivity contribution in [1.29, 1.82) is 0 Å². The first-order valence-electron chi connectivity index (χ1n) is 12.8. The van der Waals surface area contributed by atoms with Gasteiger partial charge in [0.25, 0.3) is 0 Å². The Balaban J connectivity index is 1.85. The Kier molecular flexibility index (Phi) is 6.63. The number of anilines is 1. The molecule has 4 aromatic rings. The van der Waals surface area contributed by atoms with Crippen LogP contribution in [-0.4, -0.2) is 27.5 Å². The molecule has 0 unspecified atom stereocenters. The molecule has 0 radical (unpaired) electrons. The SMILES string of the molecule is CC(=O)[C@@H](OC(C)(C)C)c1c(C)c2c3c(cc(C)n3CCN2Cc2ccncc2)c1-c1ccc(Cl)cc1. The Morgan fingerprint density at radius 3 is 2.38 bits per heavy atom. The van der Waals surface area contributed by atoms with Crippen LogP contribution >= 0.6 is 11.6 Å². The standard InChI is InChI=1S/C31H34ClN3O2/c1-19-17-25-27(23-7-9-24(32)10-8-23)26(30(21(3)36)37-31(4,5)6)20(2)28-29(25)35(19)16-15-34(28)18-22-11-13-33-14-12-22/h7-14,17,30H,15-16,18H2,1-6H3/t30-/m1/s1. The van der Waals surface area contributed by atoms with Crippen LogP contribution < -0.4 is 4.90 Å². The first-order chi connectivity index (χ1) is 17.5. The fraction of sp³-hybridized carbons (Fsp3) is 0.355. The van der Waals surface area contributed by atoms with Gasteiger partial charge in [0.05, 0.1) is 16.8 Å². The number of pyridine rings is 1. The van der Waals surface area contributed by atoms with E-state index in [9.17, 15) is 4.79 Å². The smallest absolute Gasteiger partial charge is 0.163 e. The van der Waals surface area contributed by atoms with Gasteiger partial charge in [-0.2, -0.15) is 0 Å². The van der Waals surface area contributed by atoms with Crippen LogP contribution in [0.3, 0.4) is 0 Å². The highest BCUT2D eigenvalue weighted by Gasteiger charge is 2.34. The van der Waals surface area contributed by atoms with E-state index in [0.717, 1.165) is 47.3 Å². The second-order valence-electron chi connectivity index (χ2n) is 11.0. The third-order valence-electron chi connectivity index (χ3n) is 7.09. The lowest BCUT2D eigenvalue weighted by Crippen LogP contribution is -2.33. The Morgan fingerprint density at radius 2 is 1.76 bits per heavy atom. The lowest BCUT2D eigenvalue weighted by molar-refractivity contribution is -0.138. The van der Waals surface area contributed by atoms with E-state index in [-0.39, 0.29) is 5.78 Å². The number of benzene rings is 2. The molecule has 2 aromatic heterocycles. The van der Waals surface area contributed by atoms with E-state index >= 15 is 0 Å². The summed E-state index contributed by atoms with van der Waals surface area (Å²) in [6, 6.07) is 14.3. The average Bonchev–Trinajstić information content (AvgIpc) is 3.17. The van der Waals surface area contributed by atoms with E-state index in [2.05, 4.69) is 46.5 Å². The van der Waals surface area contributed by atoms with Gasteiger partial charge in [-0.15, -0.1) is 0 Å². The molecular weight excluding hydrogens is 482 g/mol. The van der Waals surface area contributed by atoms with Gasteiger partial charge in [-0.25, -0.2) is 0 Å². The topological polar surface area (TPSA) is 47.4 Å². The number of carbonyl (C=O) groups excluding carboxylic acids is 1. The summed E-state index contributed by atoms with van der Waals surface area (Å²) in [4.78, 5) is 19.9. The van der Waals surface area contributed by atoms with Crippen molar-refractivity contribution in [3.05, 3.63) is 82.3 Å². The lowest BCUT2D eigenvalue weighted by Gasteiger charge is -2.36. The Morgan fingerprint density at radius 1 is 1.08 bits per heavy atom. The maximum Gasteiger partial charge on any atom is 0.163 e. The molecular formula is C31H34ClN3O2. The van der Waals surface area contributed by atoms with E-state index in [4.69, 9.17) is 16.3 Å². The number of ketones is 1. The maximum absolute atomic E-state index is 13.2.